The molecule has 1 fully saturated rings. The SMILES string of the molecule is NC(=S)C(NS(=O)(=O)c1ccc(F)cc1F)C1CC1. The van der Waals surface area contributed by atoms with Gasteiger partial charge in [0, 0.05) is 6.07 Å². The van der Waals surface area contributed by atoms with E-state index in [-0.39, 0.29) is 10.9 Å². The molecule has 4 nitrogen and oxygen atoms in total. The lowest BCUT2D eigenvalue weighted by molar-refractivity contribution is 0.536. The smallest absolute Gasteiger partial charge is 0.244 e. The van der Waals surface area contributed by atoms with E-state index in [9.17, 15) is 17.2 Å². The summed E-state index contributed by atoms with van der Waals surface area (Å²) in [6.45, 7) is 0. The highest BCUT2D eigenvalue weighted by Crippen LogP contribution is 2.33. The number of nitrogens with one attached hydrogen (secondary N) is 1. The van der Waals surface area contributed by atoms with E-state index in [1.807, 2.05) is 0 Å². The Bertz CT molecular complexity index is 615. The fraction of sp³-hybridized carbons (Fsp3) is 0.364. The summed E-state index contributed by atoms with van der Waals surface area (Å²) < 4.78 is 52.6. The van der Waals surface area contributed by atoms with Gasteiger partial charge in [0.1, 0.15) is 16.5 Å². The van der Waals surface area contributed by atoms with Gasteiger partial charge in [0.25, 0.3) is 0 Å². The molecule has 1 aliphatic rings. The van der Waals surface area contributed by atoms with Crippen LogP contribution in [0.5, 0.6) is 0 Å². The summed E-state index contributed by atoms with van der Waals surface area (Å²) in [5, 5.41) is 0. The average molecular weight is 306 g/mol. The first-order valence-corrected chi connectivity index (χ1v) is 7.47. The molecule has 1 unspecified atom stereocenters. The number of sulfonamides is 1. The standard InChI is InChI=1S/C11H12F2N2O2S2/c12-7-3-4-9(8(13)5-7)19(16,17)15-10(11(14)18)6-1-2-6/h3-6,10,15H,1-2H2,(H2,14,18). The van der Waals surface area contributed by atoms with E-state index in [0.717, 1.165) is 25.0 Å². The Morgan fingerprint density at radius 2 is 2.05 bits per heavy atom. The molecule has 1 aromatic rings. The number of hydrogen-bond acceptors (Lipinski definition) is 3. The number of rotatable bonds is 5. The largest absolute Gasteiger partial charge is 0.392 e. The molecule has 1 saturated carbocycles. The third-order valence-electron chi connectivity index (χ3n) is 2.87. The maximum Gasteiger partial charge on any atom is 0.244 e. The molecule has 0 amide bonds. The predicted molar refractivity (Wildman–Crippen MR) is 70.0 cm³/mol. The number of nitrogens with two attached hydrogens (primary N) is 1. The number of benzene rings is 1. The molecule has 0 aromatic heterocycles. The zero-order chi connectivity index (χ0) is 14.2. The second-order valence-electron chi connectivity index (χ2n) is 4.41. The number of hydrogen-bond donors (Lipinski definition) is 2. The van der Waals surface area contributed by atoms with Crippen molar-refractivity contribution in [2.75, 3.05) is 0 Å². The zero-order valence-corrected chi connectivity index (χ0v) is 11.4. The van der Waals surface area contributed by atoms with Crippen LogP contribution in [-0.4, -0.2) is 19.4 Å². The molecule has 0 spiro atoms. The molecule has 1 atom stereocenters. The highest BCUT2D eigenvalue weighted by atomic mass is 32.2. The third-order valence-corrected chi connectivity index (χ3v) is 4.59. The van der Waals surface area contributed by atoms with Crippen molar-refractivity contribution in [3.8, 4) is 0 Å². The van der Waals surface area contributed by atoms with Gasteiger partial charge in [-0.15, -0.1) is 0 Å². The lowest BCUT2D eigenvalue weighted by Crippen LogP contribution is -2.45. The Morgan fingerprint density at radius 1 is 1.42 bits per heavy atom. The second kappa shape index (κ2) is 5.10. The average Bonchev–Trinajstić information content (AvgIpc) is 3.08. The molecule has 0 aliphatic heterocycles. The van der Waals surface area contributed by atoms with Gasteiger partial charge in [-0.2, -0.15) is 0 Å². The number of halogens is 2. The maximum atomic E-state index is 13.5. The minimum Gasteiger partial charge on any atom is -0.392 e. The van der Waals surface area contributed by atoms with E-state index in [2.05, 4.69) is 4.72 Å². The quantitative estimate of drug-likeness (QED) is 0.805. The van der Waals surface area contributed by atoms with E-state index >= 15 is 0 Å². The normalized spacial score (nSPS) is 17.2. The Morgan fingerprint density at radius 3 is 2.53 bits per heavy atom. The first-order valence-electron chi connectivity index (χ1n) is 5.58. The summed E-state index contributed by atoms with van der Waals surface area (Å²) in [6.07, 6.45) is 1.63. The fourth-order valence-corrected chi connectivity index (χ4v) is 3.41. The Hall–Kier alpha value is -1.12. The lowest BCUT2D eigenvalue weighted by atomic mass is 10.2. The Labute approximate surface area is 115 Å². The molecule has 0 radical (unpaired) electrons. The summed E-state index contributed by atoms with van der Waals surface area (Å²) in [5.74, 6) is -1.94. The van der Waals surface area contributed by atoms with Crippen molar-refractivity contribution in [3.63, 3.8) is 0 Å². The minimum absolute atomic E-state index is 0.0218. The van der Waals surface area contributed by atoms with E-state index in [1.165, 1.54) is 0 Å². The summed E-state index contributed by atoms with van der Waals surface area (Å²) in [4.78, 5) is -0.593. The molecule has 8 heteroatoms. The van der Waals surface area contributed by atoms with Gasteiger partial charge in [-0.25, -0.2) is 21.9 Å². The highest BCUT2D eigenvalue weighted by Gasteiger charge is 2.36. The van der Waals surface area contributed by atoms with Crippen LogP contribution >= 0.6 is 12.2 Å². The van der Waals surface area contributed by atoms with Crippen LogP contribution in [0.1, 0.15) is 12.8 Å². The van der Waals surface area contributed by atoms with Crippen LogP contribution in [-0.2, 0) is 10.0 Å². The minimum atomic E-state index is -4.12. The van der Waals surface area contributed by atoms with Crippen molar-refractivity contribution in [3.05, 3.63) is 29.8 Å². The van der Waals surface area contributed by atoms with Gasteiger partial charge in [0.15, 0.2) is 0 Å². The van der Waals surface area contributed by atoms with Crippen molar-refractivity contribution in [2.24, 2.45) is 11.7 Å². The Kier molecular flexibility index (Phi) is 3.84. The van der Waals surface area contributed by atoms with Gasteiger partial charge in [-0.1, -0.05) is 12.2 Å². The first-order chi connectivity index (χ1) is 8.81. The van der Waals surface area contributed by atoms with E-state index in [1.54, 1.807) is 0 Å². The molecule has 1 aromatic carbocycles. The van der Waals surface area contributed by atoms with Crippen LogP contribution in [0.15, 0.2) is 23.1 Å². The van der Waals surface area contributed by atoms with E-state index in [4.69, 9.17) is 18.0 Å². The van der Waals surface area contributed by atoms with Crippen LogP contribution in [0.4, 0.5) is 8.78 Å². The van der Waals surface area contributed by atoms with Crippen LogP contribution in [0.2, 0.25) is 0 Å². The van der Waals surface area contributed by atoms with Crippen LogP contribution < -0.4 is 10.5 Å². The molecule has 1 aliphatic carbocycles. The molecule has 2 rings (SSSR count). The molecular formula is C11H12F2N2O2S2. The molecule has 0 bridgehead atoms. The fourth-order valence-electron chi connectivity index (χ4n) is 1.74. The summed E-state index contributed by atoms with van der Waals surface area (Å²) in [5.41, 5.74) is 5.48. The molecule has 3 N–H and O–H groups in total. The van der Waals surface area contributed by atoms with Gasteiger partial charge >= 0.3 is 0 Å². The molecule has 0 saturated heterocycles. The van der Waals surface area contributed by atoms with Crippen molar-refractivity contribution in [1.29, 1.82) is 0 Å². The zero-order valence-electron chi connectivity index (χ0n) is 9.77. The molecule has 104 valence electrons. The molecule has 19 heavy (non-hydrogen) atoms. The summed E-state index contributed by atoms with van der Waals surface area (Å²) >= 11 is 4.80. The van der Waals surface area contributed by atoms with Gasteiger partial charge in [-0.3, -0.25) is 0 Å². The number of thiocarbonyl (C=S) groups is 1. The van der Waals surface area contributed by atoms with Crippen molar-refractivity contribution in [1.82, 2.24) is 4.72 Å². The van der Waals surface area contributed by atoms with Crippen molar-refractivity contribution < 1.29 is 17.2 Å². The molecule has 0 heterocycles. The summed E-state index contributed by atoms with van der Waals surface area (Å²) in [7, 11) is -4.12. The van der Waals surface area contributed by atoms with E-state index < -0.39 is 32.6 Å². The lowest BCUT2D eigenvalue weighted by Gasteiger charge is -2.17. The predicted octanol–water partition coefficient (Wildman–Crippen LogP) is 1.31. The maximum absolute atomic E-state index is 13.5. The van der Waals surface area contributed by atoms with E-state index in [0.29, 0.717) is 6.07 Å². The third kappa shape index (κ3) is 3.26. The highest BCUT2D eigenvalue weighted by molar-refractivity contribution is 7.89. The summed E-state index contributed by atoms with van der Waals surface area (Å²) in [6, 6.07) is 1.58. The van der Waals surface area contributed by atoms with Gasteiger partial charge in [-0.05, 0) is 30.9 Å². The second-order valence-corrected chi connectivity index (χ2v) is 6.57. The first kappa shape index (κ1) is 14.3. The van der Waals surface area contributed by atoms with Crippen molar-refractivity contribution >= 4 is 27.2 Å². The van der Waals surface area contributed by atoms with Crippen LogP contribution in [0.3, 0.4) is 0 Å². The topological polar surface area (TPSA) is 72.2 Å². The van der Waals surface area contributed by atoms with Crippen molar-refractivity contribution in [2.45, 2.75) is 23.8 Å². The van der Waals surface area contributed by atoms with Gasteiger partial charge < -0.3 is 5.73 Å². The van der Waals surface area contributed by atoms with Gasteiger partial charge in [0.2, 0.25) is 10.0 Å². The van der Waals surface area contributed by atoms with Gasteiger partial charge in [0.05, 0.1) is 11.0 Å². The monoisotopic (exact) mass is 306 g/mol. The molecular weight excluding hydrogens is 294 g/mol. The Balaban J connectivity index is 2.29. The van der Waals surface area contributed by atoms with Crippen LogP contribution in [0.25, 0.3) is 0 Å². The van der Waals surface area contributed by atoms with Crippen LogP contribution in [0, 0.1) is 17.6 Å².